The van der Waals surface area contributed by atoms with Crippen LogP contribution in [0.1, 0.15) is 38.2 Å². The van der Waals surface area contributed by atoms with Crippen LogP contribution in [0.15, 0.2) is 35.8 Å². The van der Waals surface area contributed by atoms with E-state index in [1.807, 2.05) is 6.92 Å². The minimum Gasteiger partial charge on any atom is -0.497 e. The van der Waals surface area contributed by atoms with Gasteiger partial charge in [-0.1, -0.05) is 13.0 Å². The molecule has 28 heavy (non-hydrogen) atoms. The first-order valence-electron chi connectivity index (χ1n) is 9.10. The van der Waals surface area contributed by atoms with Gasteiger partial charge in [-0.3, -0.25) is 9.69 Å². The molecule has 0 spiro atoms. The Bertz CT molecular complexity index is 777. The Hall–Kier alpha value is -3.03. The summed E-state index contributed by atoms with van der Waals surface area (Å²) in [6.45, 7) is 5.82. The molecule has 2 N–H and O–H groups in total. The van der Waals surface area contributed by atoms with Crippen LogP contribution in [-0.2, 0) is 11.3 Å². The van der Waals surface area contributed by atoms with Crippen molar-refractivity contribution in [3.63, 3.8) is 0 Å². The first-order valence-corrected chi connectivity index (χ1v) is 9.10. The summed E-state index contributed by atoms with van der Waals surface area (Å²) in [6.07, 6.45) is 2.70. The standard InChI is InChI=1S/C20H27N3O5/c1-5-7-10-20(6-2)12-17(24)23(18(22-20)21-19(25)26)13-14-8-9-15(27-3)11-16(14)28-4/h5,8-9,11H,1,6-7,10,12-13H2,2-4H3,(H,21,22)(H,25,26)/t20-/m1/s1. The minimum absolute atomic E-state index is 0.0348. The molecule has 8 nitrogen and oxygen atoms in total. The second-order valence-corrected chi connectivity index (χ2v) is 6.64. The highest BCUT2D eigenvalue weighted by molar-refractivity contribution is 6.03. The third kappa shape index (κ3) is 4.82. The highest BCUT2D eigenvalue weighted by atomic mass is 16.5. The van der Waals surface area contributed by atoms with Crippen molar-refractivity contribution in [1.82, 2.24) is 10.2 Å². The molecule has 1 fully saturated rings. The van der Waals surface area contributed by atoms with Crippen molar-refractivity contribution in [2.24, 2.45) is 4.99 Å². The van der Waals surface area contributed by atoms with Gasteiger partial charge < -0.3 is 19.9 Å². The summed E-state index contributed by atoms with van der Waals surface area (Å²) in [5.74, 6) is 1.01. The molecular weight excluding hydrogens is 362 g/mol. The lowest BCUT2D eigenvalue weighted by Gasteiger charge is -2.43. The zero-order valence-electron chi connectivity index (χ0n) is 16.5. The molecule has 0 radical (unpaired) electrons. The van der Waals surface area contributed by atoms with E-state index in [1.165, 1.54) is 12.0 Å². The van der Waals surface area contributed by atoms with E-state index >= 15 is 0 Å². The molecule has 0 aromatic heterocycles. The number of hydrogen-bond acceptors (Lipinski definition) is 4. The predicted octanol–water partition coefficient (Wildman–Crippen LogP) is 3.17. The maximum Gasteiger partial charge on any atom is 0.434 e. The third-order valence-corrected chi connectivity index (χ3v) is 4.95. The molecule has 1 saturated heterocycles. The summed E-state index contributed by atoms with van der Waals surface area (Å²) in [6, 6.07) is 5.25. The van der Waals surface area contributed by atoms with Gasteiger partial charge >= 0.3 is 6.09 Å². The number of amides is 2. The average Bonchev–Trinajstić information content (AvgIpc) is 2.68. The van der Waals surface area contributed by atoms with E-state index in [-0.39, 0.29) is 24.8 Å². The fourth-order valence-corrected chi connectivity index (χ4v) is 3.27. The summed E-state index contributed by atoms with van der Waals surface area (Å²) in [5.41, 5.74) is 0.173. The molecule has 1 atom stereocenters. The summed E-state index contributed by atoms with van der Waals surface area (Å²) in [4.78, 5) is 29.2. The van der Waals surface area contributed by atoms with E-state index in [9.17, 15) is 14.7 Å². The highest BCUT2D eigenvalue weighted by Gasteiger charge is 2.40. The van der Waals surface area contributed by atoms with Crippen LogP contribution < -0.4 is 14.8 Å². The highest BCUT2D eigenvalue weighted by Crippen LogP contribution is 2.30. The van der Waals surface area contributed by atoms with E-state index in [1.54, 1.807) is 31.4 Å². The largest absolute Gasteiger partial charge is 0.497 e. The minimum atomic E-state index is -1.36. The van der Waals surface area contributed by atoms with Crippen LogP contribution in [0.5, 0.6) is 11.5 Å². The molecule has 0 aliphatic carbocycles. The second kappa shape index (κ2) is 9.25. The van der Waals surface area contributed by atoms with Gasteiger partial charge in [-0.15, -0.1) is 11.6 Å². The molecule has 2 amide bonds. The quantitative estimate of drug-likeness (QED) is 0.663. The Morgan fingerprint density at radius 3 is 2.75 bits per heavy atom. The number of hydrogen-bond donors (Lipinski definition) is 2. The van der Waals surface area contributed by atoms with Crippen LogP contribution in [0.3, 0.4) is 0 Å². The second-order valence-electron chi connectivity index (χ2n) is 6.64. The zero-order chi connectivity index (χ0) is 20.7. The molecule has 1 heterocycles. The lowest BCUT2D eigenvalue weighted by atomic mass is 9.84. The maximum atomic E-state index is 13.0. The van der Waals surface area contributed by atoms with Crippen molar-refractivity contribution in [1.29, 1.82) is 0 Å². The molecule has 1 aromatic carbocycles. The summed E-state index contributed by atoms with van der Waals surface area (Å²) >= 11 is 0. The fraction of sp³-hybridized carbons (Fsp3) is 0.450. The number of rotatable bonds is 8. The summed E-state index contributed by atoms with van der Waals surface area (Å²) in [7, 11) is 3.08. The number of methoxy groups -OCH3 is 2. The van der Waals surface area contributed by atoms with Gasteiger partial charge in [0.15, 0.2) is 0 Å². The molecule has 1 aromatic rings. The predicted molar refractivity (Wildman–Crippen MR) is 106 cm³/mol. The first-order chi connectivity index (χ1) is 13.4. The lowest BCUT2D eigenvalue weighted by Crippen LogP contribution is -2.62. The van der Waals surface area contributed by atoms with E-state index in [0.717, 1.165) is 0 Å². The molecule has 1 aliphatic rings. The Labute approximate surface area is 164 Å². The number of guanidine groups is 1. The SMILES string of the molecule is C=CCC[C@]1(CC)CC(=O)N(Cc2ccc(OC)cc2OC)/C(=N/C(=O)O)N1. The fourth-order valence-electron chi connectivity index (χ4n) is 3.27. The number of nitrogens with one attached hydrogen (secondary N) is 1. The molecule has 0 saturated carbocycles. The van der Waals surface area contributed by atoms with E-state index in [4.69, 9.17) is 9.47 Å². The normalized spacial score (nSPS) is 20.6. The number of carbonyl (C=O) groups is 2. The number of carboxylic acid groups (broad SMARTS) is 1. The van der Waals surface area contributed by atoms with Crippen LogP contribution >= 0.6 is 0 Å². The molecular formula is C20H27N3O5. The number of nitrogens with zero attached hydrogens (tertiary/aromatic N) is 2. The van der Waals surface area contributed by atoms with Gasteiger partial charge in [0.05, 0.1) is 27.2 Å². The van der Waals surface area contributed by atoms with Crippen molar-refractivity contribution >= 4 is 18.0 Å². The number of allylic oxidation sites excluding steroid dienone is 1. The molecule has 0 unspecified atom stereocenters. The Balaban J connectivity index is 2.36. The summed E-state index contributed by atoms with van der Waals surface area (Å²) < 4.78 is 10.6. The van der Waals surface area contributed by atoms with E-state index in [2.05, 4.69) is 16.9 Å². The van der Waals surface area contributed by atoms with Crippen molar-refractivity contribution in [3.8, 4) is 11.5 Å². The monoisotopic (exact) mass is 389 g/mol. The van der Waals surface area contributed by atoms with Gasteiger partial charge in [-0.05, 0) is 31.4 Å². The molecule has 1 aliphatic heterocycles. The number of aliphatic imine (C=N–C) groups is 1. The van der Waals surface area contributed by atoms with Crippen LogP contribution in [-0.4, -0.2) is 47.7 Å². The van der Waals surface area contributed by atoms with Gasteiger partial charge in [-0.2, -0.15) is 0 Å². The van der Waals surface area contributed by atoms with Crippen molar-refractivity contribution in [2.45, 2.75) is 44.7 Å². The first kappa shape index (κ1) is 21.3. The van der Waals surface area contributed by atoms with Crippen LogP contribution in [0.25, 0.3) is 0 Å². The Morgan fingerprint density at radius 2 is 2.18 bits per heavy atom. The van der Waals surface area contributed by atoms with Gasteiger partial charge in [0, 0.05) is 17.2 Å². The smallest absolute Gasteiger partial charge is 0.434 e. The molecule has 8 heteroatoms. The lowest BCUT2D eigenvalue weighted by molar-refractivity contribution is -0.131. The van der Waals surface area contributed by atoms with Gasteiger partial charge in [0.25, 0.3) is 0 Å². The van der Waals surface area contributed by atoms with Gasteiger partial charge in [0.1, 0.15) is 11.5 Å². The van der Waals surface area contributed by atoms with Gasteiger partial charge in [0.2, 0.25) is 11.9 Å². The third-order valence-electron chi connectivity index (χ3n) is 4.95. The Kier molecular flexibility index (Phi) is 7.03. The maximum absolute atomic E-state index is 13.0. The number of ether oxygens (including phenoxy) is 2. The van der Waals surface area contributed by atoms with Crippen LogP contribution in [0.2, 0.25) is 0 Å². The number of carbonyl (C=O) groups excluding carboxylic acids is 1. The van der Waals surface area contributed by atoms with Gasteiger partial charge in [-0.25, -0.2) is 4.79 Å². The Morgan fingerprint density at radius 1 is 1.43 bits per heavy atom. The topological polar surface area (TPSA) is 100 Å². The van der Waals surface area contributed by atoms with Crippen molar-refractivity contribution in [3.05, 3.63) is 36.4 Å². The van der Waals surface area contributed by atoms with Crippen molar-refractivity contribution in [2.75, 3.05) is 14.2 Å². The number of benzene rings is 1. The average molecular weight is 389 g/mol. The van der Waals surface area contributed by atoms with Crippen LogP contribution in [0, 0.1) is 0 Å². The molecule has 152 valence electrons. The zero-order valence-corrected chi connectivity index (χ0v) is 16.5. The van der Waals surface area contributed by atoms with Crippen molar-refractivity contribution < 1.29 is 24.2 Å². The summed E-state index contributed by atoms with van der Waals surface area (Å²) in [5, 5.41) is 12.4. The molecule has 0 bridgehead atoms. The van der Waals surface area contributed by atoms with E-state index < -0.39 is 11.6 Å². The van der Waals surface area contributed by atoms with E-state index in [0.29, 0.717) is 36.3 Å². The molecule has 2 rings (SSSR count). The van der Waals surface area contributed by atoms with Crippen LogP contribution in [0.4, 0.5) is 4.79 Å².